The summed E-state index contributed by atoms with van der Waals surface area (Å²) in [7, 11) is 1.57. The molecule has 3 N–H and O–H groups in total. The molecule has 0 aliphatic carbocycles. The quantitative estimate of drug-likeness (QED) is 0.589. The van der Waals surface area contributed by atoms with Crippen LogP contribution in [0.2, 0.25) is 0 Å². The Labute approximate surface area is 69.7 Å². The first-order valence-corrected chi connectivity index (χ1v) is 2.77. The number of pyridine rings is 1. The number of anilines is 1. The van der Waals surface area contributed by atoms with Crippen molar-refractivity contribution in [3.63, 3.8) is 0 Å². The van der Waals surface area contributed by atoms with E-state index in [-0.39, 0.29) is 29.4 Å². The molecule has 1 heterocycles. The van der Waals surface area contributed by atoms with Crippen molar-refractivity contribution < 1.29 is 5.11 Å². The predicted octanol–water partition coefficient (Wildman–Crippen LogP) is 0.0949. The molecule has 1 aromatic heterocycles. The zero-order valence-electron chi connectivity index (χ0n) is 5.94. The van der Waals surface area contributed by atoms with Crippen molar-refractivity contribution in [1.29, 1.82) is 0 Å². The van der Waals surface area contributed by atoms with E-state index in [0.29, 0.717) is 0 Å². The van der Waals surface area contributed by atoms with Gasteiger partial charge in [0.15, 0.2) is 0 Å². The van der Waals surface area contributed by atoms with Crippen LogP contribution in [0.4, 0.5) is 5.69 Å². The monoisotopic (exact) mass is 176 g/mol. The topological polar surface area (TPSA) is 68.2 Å². The highest BCUT2D eigenvalue weighted by Crippen LogP contribution is 2.11. The molecule has 0 saturated heterocycles. The number of aryl methyl sites for hydroxylation is 1. The van der Waals surface area contributed by atoms with E-state index in [2.05, 4.69) is 0 Å². The molecule has 0 atom stereocenters. The van der Waals surface area contributed by atoms with Gasteiger partial charge in [-0.25, -0.2) is 0 Å². The fraction of sp³-hybridized carbons (Fsp3) is 0.167. The number of hydrogen-bond acceptors (Lipinski definition) is 3. The first-order chi connectivity index (χ1) is 4.63. The highest BCUT2D eigenvalue weighted by atomic mass is 35.5. The van der Waals surface area contributed by atoms with Crippen LogP contribution < -0.4 is 11.3 Å². The third-order valence-corrected chi connectivity index (χ3v) is 1.28. The van der Waals surface area contributed by atoms with E-state index in [9.17, 15) is 4.79 Å². The zero-order valence-corrected chi connectivity index (χ0v) is 6.76. The van der Waals surface area contributed by atoms with Gasteiger partial charge in [-0.1, -0.05) is 0 Å². The third-order valence-electron chi connectivity index (χ3n) is 1.28. The van der Waals surface area contributed by atoms with E-state index < -0.39 is 0 Å². The number of rotatable bonds is 0. The summed E-state index contributed by atoms with van der Waals surface area (Å²) in [5.41, 5.74) is 4.72. The summed E-state index contributed by atoms with van der Waals surface area (Å²) in [6, 6.07) is 1.37. The van der Waals surface area contributed by atoms with Crippen molar-refractivity contribution in [2.75, 3.05) is 5.73 Å². The van der Waals surface area contributed by atoms with Crippen LogP contribution in [-0.2, 0) is 7.05 Å². The summed E-state index contributed by atoms with van der Waals surface area (Å²) in [4.78, 5) is 10.9. The van der Waals surface area contributed by atoms with Crippen LogP contribution in [-0.4, -0.2) is 9.67 Å². The van der Waals surface area contributed by atoms with Gasteiger partial charge in [0.25, 0.3) is 5.56 Å². The van der Waals surface area contributed by atoms with Crippen molar-refractivity contribution in [3.8, 4) is 5.75 Å². The Morgan fingerprint density at radius 3 is 2.64 bits per heavy atom. The summed E-state index contributed by atoms with van der Waals surface area (Å²) >= 11 is 0. The minimum Gasteiger partial charge on any atom is -0.506 e. The summed E-state index contributed by atoms with van der Waals surface area (Å²) in [6.45, 7) is 0. The molecule has 0 fully saturated rings. The molecule has 11 heavy (non-hydrogen) atoms. The van der Waals surface area contributed by atoms with E-state index in [0.717, 1.165) is 0 Å². The molecule has 0 aliphatic rings. The van der Waals surface area contributed by atoms with Gasteiger partial charge in [-0.3, -0.25) is 4.79 Å². The molecule has 1 rings (SSSR count). The number of nitrogen functional groups attached to an aromatic ring is 1. The SMILES string of the molecule is Cl.Cn1ccc(O)c(N)c1=O. The maximum absolute atomic E-state index is 10.9. The van der Waals surface area contributed by atoms with Gasteiger partial charge in [-0.05, 0) is 6.07 Å². The van der Waals surface area contributed by atoms with Crippen LogP contribution >= 0.6 is 12.4 Å². The molecule has 0 saturated carbocycles. The van der Waals surface area contributed by atoms with Crippen LogP contribution in [0.3, 0.4) is 0 Å². The highest BCUT2D eigenvalue weighted by Gasteiger charge is 2.00. The molecule has 5 heteroatoms. The Morgan fingerprint density at radius 1 is 1.64 bits per heavy atom. The number of nitrogens with two attached hydrogens (primary N) is 1. The third kappa shape index (κ3) is 1.65. The van der Waals surface area contributed by atoms with Gasteiger partial charge in [0.05, 0.1) is 0 Å². The predicted molar refractivity (Wildman–Crippen MR) is 45.0 cm³/mol. The minimum absolute atomic E-state index is 0. The lowest BCUT2D eigenvalue weighted by Gasteiger charge is -1.99. The number of halogens is 1. The Balaban J connectivity index is 0.000001000. The van der Waals surface area contributed by atoms with Crippen LogP contribution in [0.25, 0.3) is 0 Å². The lowest BCUT2D eigenvalue weighted by molar-refractivity contribution is 0.475. The molecule has 4 nitrogen and oxygen atoms in total. The van der Waals surface area contributed by atoms with Crippen molar-refractivity contribution in [1.82, 2.24) is 4.57 Å². The second kappa shape index (κ2) is 3.30. The van der Waals surface area contributed by atoms with Crippen molar-refractivity contribution >= 4 is 18.1 Å². The molecular weight excluding hydrogens is 168 g/mol. The number of nitrogens with zero attached hydrogens (tertiary/aromatic N) is 1. The Hall–Kier alpha value is -1.16. The van der Waals surface area contributed by atoms with Gasteiger partial charge in [0.2, 0.25) is 0 Å². The van der Waals surface area contributed by atoms with Gasteiger partial charge in [-0.15, -0.1) is 12.4 Å². The molecule has 62 valence electrons. The summed E-state index contributed by atoms with van der Waals surface area (Å²) < 4.78 is 1.30. The van der Waals surface area contributed by atoms with Gasteiger partial charge in [0.1, 0.15) is 11.4 Å². The molecule has 0 spiro atoms. The second-order valence-electron chi connectivity index (χ2n) is 2.03. The number of hydrogen-bond donors (Lipinski definition) is 2. The maximum Gasteiger partial charge on any atom is 0.277 e. The maximum atomic E-state index is 10.9. The number of aromatic nitrogens is 1. The fourth-order valence-corrected chi connectivity index (χ4v) is 0.639. The van der Waals surface area contributed by atoms with Crippen LogP contribution in [0.15, 0.2) is 17.1 Å². The van der Waals surface area contributed by atoms with Gasteiger partial charge in [0, 0.05) is 13.2 Å². The Bertz CT molecular complexity index is 308. The first kappa shape index (κ1) is 9.84. The molecule has 0 aromatic carbocycles. The molecule has 0 bridgehead atoms. The largest absolute Gasteiger partial charge is 0.506 e. The average molecular weight is 177 g/mol. The minimum atomic E-state index is -0.375. The summed E-state index contributed by atoms with van der Waals surface area (Å²) in [5, 5.41) is 8.89. The molecular formula is C6H9ClN2O2. The molecule has 0 unspecified atom stereocenters. The van der Waals surface area contributed by atoms with Crippen molar-refractivity contribution in [2.24, 2.45) is 7.05 Å². The van der Waals surface area contributed by atoms with E-state index >= 15 is 0 Å². The van der Waals surface area contributed by atoms with E-state index in [1.54, 1.807) is 7.05 Å². The Morgan fingerprint density at radius 2 is 2.18 bits per heavy atom. The number of aromatic hydroxyl groups is 1. The molecule has 0 radical (unpaired) electrons. The lowest BCUT2D eigenvalue weighted by atomic mass is 10.4. The van der Waals surface area contributed by atoms with Gasteiger partial charge >= 0.3 is 0 Å². The summed E-state index contributed by atoms with van der Waals surface area (Å²) in [6.07, 6.45) is 1.45. The van der Waals surface area contributed by atoms with Crippen molar-refractivity contribution in [2.45, 2.75) is 0 Å². The van der Waals surface area contributed by atoms with E-state index in [1.165, 1.54) is 16.8 Å². The zero-order chi connectivity index (χ0) is 7.72. The normalized spacial score (nSPS) is 8.82. The van der Waals surface area contributed by atoms with Crippen LogP contribution in [0, 0.1) is 0 Å². The van der Waals surface area contributed by atoms with E-state index in [1.807, 2.05) is 0 Å². The highest BCUT2D eigenvalue weighted by molar-refractivity contribution is 5.85. The summed E-state index contributed by atoms with van der Waals surface area (Å²) in [5.74, 6) is -0.164. The van der Waals surface area contributed by atoms with Crippen LogP contribution in [0.5, 0.6) is 5.75 Å². The van der Waals surface area contributed by atoms with Gasteiger partial charge in [-0.2, -0.15) is 0 Å². The molecule has 1 aromatic rings. The smallest absolute Gasteiger partial charge is 0.277 e. The second-order valence-corrected chi connectivity index (χ2v) is 2.03. The van der Waals surface area contributed by atoms with Crippen molar-refractivity contribution in [3.05, 3.63) is 22.6 Å². The molecule has 0 amide bonds. The first-order valence-electron chi connectivity index (χ1n) is 2.77. The standard InChI is InChI=1S/C6H8N2O2.ClH/c1-8-3-2-4(9)5(7)6(8)10;/h2-3,9H,7H2,1H3;1H. The van der Waals surface area contributed by atoms with Gasteiger partial charge < -0.3 is 15.4 Å². The lowest BCUT2D eigenvalue weighted by Crippen LogP contribution is -2.18. The fourth-order valence-electron chi connectivity index (χ4n) is 0.639. The van der Waals surface area contributed by atoms with E-state index in [4.69, 9.17) is 10.8 Å². The molecule has 0 aliphatic heterocycles. The average Bonchev–Trinajstić information content (AvgIpc) is 1.93. The Kier molecular flexibility index (Phi) is 2.95. The van der Waals surface area contributed by atoms with Crippen LogP contribution in [0.1, 0.15) is 0 Å².